The van der Waals surface area contributed by atoms with Crippen LogP contribution in [-0.2, 0) is 4.57 Å². The summed E-state index contributed by atoms with van der Waals surface area (Å²) in [5, 5.41) is 15.1. The molecule has 0 unspecified atom stereocenters. The number of hydrogen-bond acceptors (Lipinski definition) is 3. The lowest BCUT2D eigenvalue weighted by Crippen LogP contribution is -2.00. The summed E-state index contributed by atoms with van der Waals surface area (Å²) in [5.74, 6) is 0. The van der Waals surface area contributed by atoms with E-state index in [0.29, 0.717) is 15.4 Å². The molecule has 1 aromatic rings. The van der Waals surface area contributed by atoms with Crippen molar-refractivity contribution >= 4 is 15.4 Å². The van der Waals surface area contributed by atoms with Gasteiger partial charge in [-0.15, -0.1) is 0 Å². The normalized spacial score (nSPS) is 7.45. The average Bonchev–Trinajstić information content (AvgIpc) is 2.10. The monoisotopic (exact) mass is 150 g/mol. The topological polar surface area (TPSA) is 49.7 Å². The summed E-state index contributed by atoms with van der Waals surface area (Å²) < 4.78 is 3.69. The molecule has 0 aliphatic carbocycles. The van der Waals surface area contributed by atoms with Gasteiger partial charge in [-0.25, -0.2) is 0 Å². The zero-order valence-electron chi connectivity index (χ0n) is 5.92. The molecule has 0 saturated heterocycles. The molecule has 0 spiro atoms. The summed E-state index contributed by atoms with van der Waals surface area (Å²) in [5.41, 5.74) is 0. The van der Waals surface area contributed by atoms with E-state index < -0.39 is 0 Å². The van der Waals surface area contributed by atoms with E-state index in [9.17, 15) is 0 Å². The van der Waals surface area contributed by atoms with Crippen molar-refractivity contribution in [2.24, 2.45) is 0 Å². The molecular weight excluding hydrogens is 142 g/mol. The Morgan fingerprint density at radius 3 is 1.09 bits per heavy atom. The second-order valence-corrected chi connectivity index (χ2v) is 1.50. The van der Waals surface area contributed by atoms with Crippen molar-refractivity contribution in [3.05, 3.63) is 36.4 Å². The fourth-order valence-electron chi connectivity index (χ4n) is 0.412. The molecule has 0 heterocycles. The van der Waals surface area contributed by atoms with E-state index in [-0.39, 0.29) is 0 Å². The number of rotatable bonds is 2. The highest BCUT2D eigenvalue weighted by atomic mass is 16.5. The van der Waals surface area contributed by atoms with E-state index in [4.69, 9.17) is 10.0 Å². The van der Waals surface area contributed by atoms with E-state index in [2.05, 4.69) is 4.57 Å². The van der Waals surface area contributed by atoms with Crippen LogP contribution in [0.2, 0.25) is 0 Å². The summed E-state index contributed by atoms with van der Waals surface area (Å²) in [7, 11) is 0.750. The van der Waals surface area contributed by atoms with Gasteiger partial charge in [-0.2, -0.15) is 0 Å². The average molecular weight is 150 g/mol. The van der Waals surface area contributed by atoms with Crippen LogP contribution in [0.5, 0.6) is 0 Å². The molecule has 5 heteroatoms. The van der Waals surface area contributed by atoms with Crippen LogP contribution in [0.1, 0.15) is 0 Å². The van der Waals surface area contributed by atoms with Crippen LogP contribution in [-0.4, -0.2) is 25.4 Å². The van der Waals surface area contributed by atoms with Crippen molar-refractivity contribution in [2.45, 2.75) is 0 Å². The van der Waals surface area contributed by atoms with Crippen LogP contribution >= 0.6 is 0 Å². The minimum Gasteiger partial charge on any atom is -0.456 e. The lowest BCUT2D eigenvalue weighted by molar-refractivity contribution is 0.408. The van der Waals surface area contributed by atoms with Crippen LogP contribution in [0.4, 0.5) is 0 Å². The summed E-state index contributed by atoms with van der Waals surface area (Å²) in [6, 6.07) is 12.0. The molecule has 0 aromatic heterocycles. The highest BCUT2D eigenvalue weighted by Gasteiger charge is 1.80. The minimum absolute atomic E-state index is 0.375. The summed E-state index contributed by atoms with van der Waals surface area (Å²) >= 11 is 0. The SMILES string of the molecule is O[B]O[B]O.c1ccccc1. The van der Waals surface area contributed by atoms with E-state index >= 15 is 0 Å². The standard InChI is InChI=1S/C6H6.B2H2O3/c1-2-4-6-5-3-1;3-1-5-2-4/h1-6H;3-4H. The van der Waals surface area contributed by atoms with Gasteiger partial charge in [-0.3, -0.25) is 0 Å². The molecule has 0 aliphatic heterocycles. The van der Waals surface area contributed by atoms with Gasteiger partial charge in [0.15, 0.2) is 0 Å². The zero-order chi connectivity index (χ0) is 8.36. The molecule has 56 valence electrons. The number of hydrogen-bond donors (Lipinski definition) is 2. The minimum atomic E-state index is 0.375. The maximum absolute atomic E-state index is 7.53. The maximum Gasteiger partial charge on any atom is 0.469 e. The quantitative estimate of drug-likeness (QED) is 0.570. The molecule has 3 nitrogen and oxygen atoms in total. The van der Waals surface area contributed by atoms with E-state index in [0.717, 1.165) is 0 Å². The van der Waals surface area contributed by atoms with Crippen molar-refractivity contribution in [1.82, 2.24) is 0 Å². The molecule has 0 atom stereocenters. The lowest BCUT2D eigenvalue weighted by atomic mass is 10.3. The van der Waals surface area contributed by atoms with Crippen molar-refractivity contribution in [1.29, 1.82) is 0 Å². The largest absolute Gasteiger partial charge is 0.469 e. The molecule has 2 N–H and O–H groups in total. The van der Waals surface area contributed by atoms with Gasteiger partial charge in [0.05, 0.1) is 0 Å². The second-order valence-electron chi connectivity index (χ2n) is 1.50. The van der Waals surface area contributed by atoms with Crippen molar-refractivity contribution in [3.8, 4) is 0 Å². The van der Waals surface area contributed by atoms with Gasteiger partial charge >= 0.3 is 15.4 Å². The van der Waals surface area contributed by atoms with Gasteiger partial charge in [0.2, 0.25) is 0 Å². The molecule has 0 saturated carbocycles. The van der Waals surface area contributed by atoms with Gasteiger partial charge in [-0.1, -0.05) is 36.4 Å². The molecule has 2 radical (unpaired) electrons. The van der Waals surface area contributed by atoms with Gasteiger partial charge in [0.25, 0.3) is 0 Å². The van der Waals surface area contributed by atoms with E-state index in [1.54, 1.807) is 0 Å². The van der Waals surface area contributed by atoms with Gasteiger partial charge in [0, 0.05) is 0 Å². The van der Waals surface area contributed by atoms with Crippen LogP contribution in [0.3, 0.4) is 0 Å². The van der Waals surface area contributed by atoms with Gasteiger partial charge in [0.1, 0.15) is 0 Å². The maximum atomic E-state index is 7.53. The molecule has 0 amide bonds. The highest BCUT2D eigenvalue weighted by Crippen LogP contribution is 1.79. The summed E-state index contributed by atoms with van der Waals surface area (Å²) in [6.45, 7) is 0. The van der Waals surface area contributed by atoms with Crippen molar-refractivity contribution < 1.29 is 14.6 Å². The molecular formula is C6H8B2O3. The molecule has 1 aromatic carbocycles. The third kappa shape index (κ3) is 9.23. The van der Waals surface area contributed by atoms with Gasteiger partial charge in [-0.05, 0) is 0 Å². The predicted molar refractivity (Wildman–Crippen MR) is 43.5 cm³/mol. The van der Waals surface area contributed by atoms with Gasteiger partial charge < -0.3 is 14.6 Å². The summed E-state index contributed by atoms with van der Waals surface area (Å²) in [6.07, 6.45) is 0. The first kappa shape index (κ1) is 10.2. The van der Waals surface area contributed by atoms with Crippen molar-refractivity contribution in [3.63, 3.8) is 0 Å². The Bertz CT molecular complexity index is 119. The highest BCUT2D eigenvalue weighted by molar-refractivity contribution is 6.32. The first-order valence-corrected chi connectivity index (χ1v) is 2.99. The second kappa shape index (κ2) is 9.23. The predicted octanol–water partition coefficient (Wildman–Crippen LogP) is -0.257. The summed E-state index contributed by atoms with van der Waals surface area (Å²) in [4.78, 5) is 0. The zero-order valence-corrected chi connectivity index (χ0v) is 5.92. The smallest absolute Gasteiger partial charge is 0.456 e. The Morgan fingerprint density at radius 1 is 0.727 bits per heavy atom. The molecule has 0 fully saturated rings. The Kier molecular flexibility index (Phi) is 8.58. The van der Waals surface area contributed by atoms with Crippen LogP contribution < -0.4 is 0 Å². The Hall–Kier alpha value is -0.770. The molecule has 1 rings (SSSR count). The fourth-order valence-corrected chi connectivity index (χ4v) is 0.412. The fraction of sp³-hybridized carbons (Fsp3) is 0. The first-order valence-electron chi connectivity index (χ1n) is 2.99. The third-order valence-electron chi connectivity index (χ3n) is 0.788. The Balaban J connectivity index is 0.000000187. The lowest BCUT2D eigenvalue weighted by Gasteiger charge is -1.78. The molecule has 0 aliphatic rings. The van der Waals surface area contributed by atoms with E-state index in [1.165, 1.54) is 0 Å². The van der Waals surface area contributed by atoms with Crippen LogP contribution in [0.15, 0.2) is 36.4 Å². The Morgan fingerprint density at radius 2 is 1.00 bits per heavy atom. The molecule has 0 bridgehead atoms. The first-order chi connectivity index (χ1) is 5.41. The van der Waals surface area contributed by atoms with Crippen molar-refractivity contribution in [2.75, 3.05) is 0 Å². The van der Waals surface area contributed by atoms with Crippen LogP contribution in [0, 0.1) is 0 Å². The van der Waals surface area contributed by atoms with Crippen LogP contribution in [0.25, 0.3) is 0 Å². The number of benzene rings is 1. The Labute approximate surface area is 67.3 Å². The third-order valence-corrected chi connectivity index (χ3v) is 0.788. The molecule has 11 heavy (non-hydrogen) atoms. The van der Waals surface area contributed by atoms with E-state index in [1.807, 2.05) is 36.4 Å².